The van der Waals surface area contributed by atoms with Crippen LogP contribution in [0, 0.1) is 0 Å². The Bertz CT molecular complexity index is 180. The molecule has 0 spiro atoms. The molecule has 0 aliphatic heterocycles. The van der Waals surface area contributed by atoms with Crippen molar-refractivity contribution in [1.82, 2.24) is 5.32 Å². The summed E-state index contributed by atoms with van der Waals surface area (Å²) in [5, 5.41) is 2.88. The van der Waals surface area contributed by atoms with Crippen LogP contribution >= 0.6 is 11.6 Å². The lowest BCUT2D eigenvalue weighted by Gasteiger charge is -2.13. The molecule has 0 radical (unpaired) electrons. The molecule has 0 aromatic heterocycles. The molecule has 0 saturated heterocycles. The van der Waals surface area contributed by atoms with Crippen LogP contribution in [0.2, 0.25) is 0 Å². The Labute approximate surface area is 83.8 Å². The molecule has 1 N–H and O–H groups in total. The second-order valence-electron chi connectivity index (χ2n) is 3.51. The maximum atomic E-state index is 11.2. The van der Waals surface area contributed by atoms with Crippen LogP contribution in [0.5, 0.6) is 0 Å². The van der Waals surface area contributed by atoms with Crippen LogP contribution in [-0.2, 0) is 9.53 Å². The van der Waals surface area contributed by atoms with Gasteiger partial charge in [-0.25, -0.2) is 0 Å². The monoisotopic (exact) mass is 205 g/mol. The van der Waals surface area contributed by atoms with E-state index in [0.717, 1.165) is 19.3 Å². The number of carbonyl (C=O) groups is 1. The molecule has 0 aromatic rings. The predicted molar refractivity (Wildman–Crippen MR) is 51.9 cm³/mol. The molecule has 4 heteroatoms. The number of hydrogen-bond acceptors (Lipinski definition) is 2. The number of halogens is 1. The lowest BCUT2D eigenvalue weighted by molar-refractivity contribution is -0.126. The minimum absolute atomic E-state index is 0.0494. The normalized spacial score (nSPS) is 18.3. The van der Waals surface area contributed by atoms with E-state index in [2.05, 4.69) is 5.32 Å². The Kier molecular flexibility index (Phi) is 4.00. The highest BCUT2D eigenvalue weighted by molar-refractivity contribution is 6.19. The number of alkyl halides is 1. The molecule has 1 aliphatic rings. The molecule has 0 atom stereocenters. The van der Waals surface area contributed by atoms with Crippen molar-refractivity contribution in [3.8, 4) is 0 Å². The van der Waals surface area contributed by atoms with Crippen molar-refractivity contribution < 1.29 is 9.53 Å². The summed E-state index contributed by atoms with van der Waals surface area (Å²) in [6.07, 6.45) is 2.93. The van der Waals surface area contributed by atoms with E-state index in [0.29, 0.717) is 12.5 Å². The lowest BCUT2D eigenvalue weighted by atomic mass is 10.3. The predicted octanol–water partition coefficient (Wildman–Crippen LogP) is 1.30. The van der Waals surface area contributed by atoms with Gasteiger partial charge in [-0.3, -0.25) is 4.79 Å². The summed E-state index contributed by atoms with van der Waals surface area (Å²) in [5.74, 6) is 0.457. The van der Waals surface area contributed by atoms with Gasteiger partial charge in [0.1, 0.15) is 6.61 Å². The van der Waals surface area contributed by atoms with Crippen molar-refractivity contribution in [2.75, 3.05) is 19.1 Å². The second kappa shape index (κ2) is 4.82. The zero-order chi connectivity index (χ0) is 9.73. The Morgan fingerprint density at radius 3 is 2.77 bits per heavy atom. The van der Waals surface area contributed by atoms with Crippen LogP contribution in [0.4, 0.5) is 0 Å². The van der Waals surface area contributed by atoms with Crippen molar-refractivity contribution in [2.24, 2.45) is 0 Å². The summed E-state index contributed by atoms with van der Waals surface area (Å²) < 4.78 is 5.11. The van der Waals surface area contributed by atoms with Crippen LogP contribution in [-0.4, -0.2) is 30.5 Å². The first kappa shape index (κ1) is 10.8. The highest BCUT2D eigenvalue weighted by atomic mass is 35.5. The average Bonchev–Trinajstić information content (AvgIpc) is 2.86. The highest BCUT2D eigenvalue weighted by Crippen LogP contribution is 2.36. The molecule has 76 valence electrons. The van der Waals surface area contributed by atoms with Gasteiger partial charge in [0.15, 0.2) is 0 Å². The largest absolute Gasteiger partial charge is 0.372 e. The van der Waals surface area contributed by atoms with Crippen molar-refractivity contribution >= 4 is 17.5 Å². The highest BCUT2D eigenvalue weighted by Gasteiger charge is 2.42. The topological polar surface area (TPSA) is 38.3 Å². The molecule has 1 aliphatic carbocycles. The molecule has 0 aromatic carbocycles. The third kappa shape index (κ3) is 3.53. The maximum absolute atomic E-state index is 11.2. The van der Waals surface area contributed by atoms with Gasteiger partial charge < -0.3 is 10.1 Å². The van der Waals surface area contributed by atoms with Gasteiger partial charge in [0.25, 0.3) is 0 Å². The minimum Gasteiger partial charge on any atom is -0.372 e. The fourth-order valence-electron chi connectivity index (χ4n) is 1.08. The molecule has 13 heavy (non-hydrogen) atoms. The summed E-state index contributed by atoms with van der Waals surface area (Å²) >= 11 is 5.71. The van der Waals surface area contributed by atoms with E-state index < -0.39 is 0 Å². The smallest absolute Gasteiger partial charge is 0.246 e. The van der Waals surface area contributed by atoms with E-state index in [9.17, 15) is 4.79 Å². The first-order valence-corrected chi connectivity index (χ1v) is 5.20. The summed E-state index contributed by atoms with van der Waals surface area (Å²) in [4.78, 5) is 11.2. The van der Waals surface area contributed by atoms with Gasteiger partial charge in [-0.2, -0.15) is 0 Å². The van der Waals surface area contributed by atoms with Crippen LogP contribution in [0.1, 0.15) is 26.2 Å². The number of amides is 1. The van der Waals surface area contributed by atoms with E-state index in [4.69, 9.17) is 16.3 Å². The molecular weight excluding hydrogens is 190 g/mol. The molecular formula is C9H16ClNO2. The molecule has 3 nitrogen and oxygen atoms in total. The molecule has 1 fully saturated rings. The summed E-state index contributed by atoms with van der Waals surface area (Å²) in [6.45, 7) is 2.81. The number of ether oxygens (including phenoxy) is 1. The molecule has 0 unspecified atom stereocenters. The van der Waals surface area contributed by atoms with E-state index >= 15 is 0 Å². The molecule has 1 saturated carbocycles. The third-order valence-corrected chi connectivity index (χ3v) is 2.61. The third-order valence-electron chi connectivity index (χ3n) is 2.10. The van der Waals surface area contributed by atoms with Gasteiger partial charge in [0, 0.05) is 12.5 Å². The zero-order valence-electron chi connectivity index (χ0n) is 7.94. The first-order valence-electron chi connectivity index (χ1n) is 4.67. The van der Waals surface area contributed by atoms with Crippen molar-refractivity contribution in [3.05, 3.63) is 0 Å². The van der Waals surface area contributed by atoms with Crippen LogP contribution in [0.3, 0.4) is 0 Å². The summed E-state index contributed by atoms with van der Waals surface area (Å²) in [5.41, 5.74) is -0.103. The fourth-order valence-corrected chi connectivity index (χ4v) is 1.42. The summed E-state index contributed by atoms with van der Waals surface area (Å²) in [7, 11) is 0. The van der Waals surface area contributed by atoms with Gasteiger partial charge in [0.2, 0.25) is 5.91 Å². The minimum atomic E-state index is -0.103. The lowest BCUT2D eigenvalue weighted by Crippen LogP contribution is -2.40. The van der Waals surface area contributed by atoms with Gasteiger partial charge in [-0.15, -0.1) is 11.6 Å². The number of carbonyl (C=O) groups excluding carboxylic acids is 1. The molecule has 1 amide bonds. The van der Waals surface area contributed by atoms with Crippen molar-refractivity contribution in [3.63, 3.8) is 0 Å². The van der Waals surface area contributed by atoms with E-state index in [-0.39, 0.29) is 18.1 Å². The van der Waals surface area contributed by atoms with Crippen molar-refractivity contribution in [2.45, 2.75) is 31.7 Å². The van der Waals surface area contributed by atoms with Crippen LogP contribution in [0.15, 0.2) is 0 Å². The molecule has 0 heterocycles. The SMILES string of the molecule is CCCOCC(=O)NC1(CCl)CC1. The Balaban J connectivity index is 2.11. The average molecular weight is 206 g/mol. The van der Waals surface area contributed by atoms with Crippen molar-refractivity contribution in [1.29, 1.82) is 0 Å². The van der Waals surface area contributed by atoms with Gasteiger partial charge in [-0.1, -0.05) is 6.92 Å². The van der Waals surface area contributed by atoms with Crippen LogP contribution in [0.25, 0.3) is 0 Å². The summed E-state index contributed by atoms with van der Waals surface area (Å²) in [6, 6.07) is 0. The van der Waals surface area contributed by atoms with Gasteiger partial charge in [0.05, 0.1) is 5.54 Å². The van der Waals surface area contributed by atoms with E-state index in [1.807, 2.05) is 6.92 Å². The van der Waals surface area contributed by atoms with E-state index in [1.165, 1.54) is 0 Å². The number of nitrogens with one attached hydrogen (secondary N) is 1. The Hall–Kier alpha value is -0.280. The second-order valence-corrected chi connectivity index (χ2v) is 3.78. The maximum Gasteiger partial charge on any atom is 0.246 e. The number of hydrogen-bond donors (Lipinski definition) is 1. The fraction of sp³-hybridized carbons (Fsp3) is 0.889. The molecule has 1 rings (SSSR count). The Morgan fingerprint density at radius 1 is 1.62 bits per heavy atom. The standard InChI is InChI=1S/C9H16ClNO2/c1-2-5-13-6-8(12)11-9(7-10)3-4-9/h2-7H2,1H3,(H,11,12). The quantitative estimate of drug-likeness (QED) is 0.525. The molecule has 0 bridgehead atoms. The first-order chi connectivity index (χ1) is 6.22. The van der Waals surface area contributed by atoms with E-state index in [1.54, 1.807) is 0 Å². The van der Waals surface area contributed by atoms with Crippen LogP contribution < -0.4 is 5.32 Å². The zero-order valence-corrected chi connectivity index (χ0v) is 8.69. The van der Waals surface area contributed by atoms with Gasteiger partial charge in [-0.05, 0) is 19.3 Å². The Morgan fingerprint density at radius 2 is 2.31 bits per heavy atom. The van der Waals surface area contributed by atoms with Gasteiger partial charge >= 0.3 is 0 Å². The number of rotatable bonds is 6.